The number of carbonyl (C=O) groups is 1. The molecule has 0 saturated heterocycles. The lowest BCUT2D eigenvalue weighted by Gasteiger charge is -2.20. The van der Waals surface area contributed by atoms with Crippen LogP contribution in [-0.2, 0) is 6.18 Å². The quantitative estimate of drug-likeness (QED) is 0.565. The molecule has 27 heavy (non-hydrogen) atoms. The van der Waals surface area contributed by atoms with Gasteiger partial charge in [0.1, 0.15) is 10.9 Å². The summed E-state index contributed by atoms with van der Waals surface area (Å²) in [5.41, 5.74) is -1.66. The molecule has 0 aliphatic carbocycles. The summed E-state index contributed by atoms with van der Waals surface area (Å²) in [6.07, 6.45) is 1.98. The van der Waals surface area contributed by atoms with E-state index < -0.39 is 23.1 Å². The molecule has 0 spiro atoms. The van der Waals surface area contributed by atoms with Crippen LogP contribution in [0.4, 0.5) is 13.2 Å². The van der Waals surface area contributed by atoms with E-state index in [4.69, 9.17) is 16.3 Å². The van der Waals surface area contributed by atoms with Gasteiger partial charge < -0.3 is 9.64 Å². The van der Waals surface area contributed by atoms with Crippen molar-refractivity contribution >= 4 is 23.7 Å². The molecule has 0 aromatic carbocycles. The molecule has 6 nitrogen and oxygen atoms in total. The van der Waals surface area contributed by atoms with Crippen LogP contribution in [0.15, 0.2) is 47.9 Å². The van der Waals surface area contributed by atoms with Crippen molar-refractivity contribution in [2.45, 2.75) is 6.18 Å². The Bertz CT molecular complexity index is 898. The predicted molar refractivity (Wildman–Crippen MR) is 92.1 cm³/mol. The molecule has 0 N–H and O–H groups in total. The van der Waals surface area contributed by atoms with E-state index in [-0.39, 0.29) is 23.3 Å². The molecule has 10 heteroatoms. The molecule has 2 aromatic heterocycles. The Hall–Kier alpha value is -2.94. The highest BCUT2D eigenvalue weighted by Crippen LogP contribution is 2.34. The van der Waals surface area contributed by atoms with Crippen LogP contribution in [0, 0.1) is 0 Å². The molecule has 0 bridgehead atoms. The largest absolute Gasteiger partial charge is 0.437 e. The van der Waals surface area contributed by atoms with Crippen molar-refractivity contribution in [3.63, 3.8) is 0 Å². The molecule has 1 aliphatic rings. The Morgan fingerprint density at radius 2 is 2.07 bits per heavy atom. The number of pyridine rings is 2. The third-order valence-corrected chi connectivity index (χ3v) is 3.74. The second kappa shape index (κ2) is 7.75. The van der Waals surface area contributed by atoms with E-state index in [0.29, 0.717) is 12.6 Å². The Balaban J connectivity index is 1.85. The van der Waals surface area contributed by atoms with Crippen molar-refractivity contribution < 1.29 is 22.7 Å². The third kappa shape index (κ3) is 4.82. The number of alkyl halides is 3. The van der Waals surface area contributed by atoms with E-state index in [2.05, 4.69) is 15.0 Å². The third-order valence-electron chi connectivity index (χ3n) is 3.52. The van der Waals surface area contributed by atoms with E-state index in [1.165, 1.54) is 29.6 Å². The molecule has 0 saturated carbocycles. The average Bonchev–Trinajstić information content (AvgIpc) is 2.64. The van der Waals surface area contributed by atoms with Crippen LogP contribution in [0.2, 0.25) is 5.15 Å². The van der Waals surface area contributed by atoms with Crippen molar-refractivity contribution in [2.24, 2.45) is 4.99 Å². The predicted octanol–water partition coefficient (Wildman–Crippen LogP) is 3.98. The zero-order valence-corrected chi connectivity index (χ0v) is 14.4. The maximum Gasteiger partial charge on any atom is 0.417 e. The fourth-order valence-corrected chi connectivity index (χ4v) is 2.40. The molecular weight excluding hydrogens is 385 g/mol. The van der Waals surface area contributed by atoms with Crippen molar-refractivity contribution in [2.75, 3.05) is 13.1 Å². The van der Waals surface area contributed by atoms with Crippen LogP contribution in [0.25, 0.3) is 0 Å². The van der Waals surface area contributed by atoms with Gasteiger partial charge >= 0.3 is 6.18 Å². The molecule has 0 unspecified atom stereocenters. The lowest BCUT2D eigenvalue weighted by molar-refractivity contribution is -0.138. The minimum atomic E-state index is -4.75. The number of aliphatic imine (C=N–C) groups is 1. The van der Waals surface area contributed by atoms with E-state index in [1.54, 1.807) is 12.3 Å². The Kier molecular flexibility index (Phi) is 5.41. The number of ketones is 1. The minimum absolute atomic E-state index is 0.162. The first-order valence-electron chi connectivity index (χ1n) is 7.65. The molecule has 3 rings (SSSR count). The van der Waals surface area contributed by atoms with Gasteiger partial charge in [-0.1, -0.05) is 11.6 Å². The SMILES string of the molecule is O=C(CN1C=NC=CC1)c1cnc(Oc2ccc(Cl)nc2)cc1C(F)(F)F. The van der Waals surface area contributed by atoms with Crippen LogP contribution in [0.3, 0.4) is 0 Å². The molecular formula is C17H12ClF3N4O2. The highest BCUT2D eigenvalue weighted by Gasteiger charge is 2.36. The average molecular weight is 397 g/mol. The van der Waals surface area contributed by atoms with E-state index in [9.17, 15) is 18.0 Å². The summed E-state index contributed by atoms with van der Waals surface area (Å²) in [6.45, 7) is 0.134. The van der Waals surface area contributed by atoms with Crippen molar-refractivity contribution in [3.8, 4) is 11.6 Å². The molecule has 0 amide bonds. The number of halogens is 4. The van der Waals surface area contributed by atoms with Gasteiger partial charge in [-0.05, 0) is 18.2 Å². The molecule has 1 aliphatic heterocycles. The molecule has 0 atom stereocenters. The van der Waals surface area contributed by atoms with E-state index in [1.807, 2.05) is 0 Å². The van der Waals surface area contributed by atoms with Gasteiger partial charge in [0.05, 0.1) is 30.2 Å². The van der Waals surface area contributed by atoms with Gasteiger partial charge in [-0.2, -0.15) is 13.2 Å². The van der Waals surface area contributed by atoms with Crippen molar-refractivity contribution in [1.82, 2.24) is 14.9 Å². The molecule has 0 fully saturated rings. The van der Waals surface area contributed by atoms with Gasteiger partial charge in [0.2, 0.25) is 5.88 Å². The molecule has 140 valence electrons. The number of nitrogens with zero attached hydrogens (tertiary/aromatic N) is 4. The van der Waals surface area contributed by atoms with Gasteiger partial charge in [0.25, 0.3) is 0 Å². The minimum Gasteiger partial charge on any atom is -0.437 e. The number of Topliss-reactive ketones (excluding diaryl/α,β-unsaturated/α-hetero) is 1. The van der Waals surface area contributed by atoms with Crippen molar-refractivity contribution in [1.29, 1.82) is 0 Å². The first-order valence-corrected chi connectivity index (χ1v) is 8.03. The number of hydrogen-bond donors (Lipinski definition) is 0. The fraction of sp³-hybridized carbons (Fsp3) is 0.176. The number of aromatic nitrogens is 2. The summed E-state index contributed by atoms with van der Waals surface area (Å²) in [4.78, 5) is 25.3. The molecule has 0 radical (unpaired) electrons. The monoisotopic (exact) mass is 396 g/mol. The highest BCUT2D eigenvalue weighted by atomic mass is 35.5. The first-order chi connectivity index (χ1) is 12.8. The van der Waals surface area contributed by atoms with Crippen LogP contribution in [0.5, 0.6) is 11.6 Å². The smallest absolute Gasteiger partial charge is 0.417 e. The van der Waals surface area contributed by atoms with Crippen LogP contribution in [0.1, 0.15) is 15.9 Å². The van der Waals surface area contributed by atoms with Gasteiger partial charge in [0, 0.05) is 25.0 Å². The first kappa shape index (κ1) is 18.8. The number of ether oxygens (including phenoxy) is 1. The van der Waals surface area contributed by atoms with Gasteiger partial charge in [-0.15, -0.1) is 0 Å². The summed E-state index contributed by atoms with van der Waals surface area (Å²) in [5, 5.41) is 0.211. The Labute approximate surface area is 157 Å². The van der Waals surface area contributed by atoms with Crippen LogP contribution in [-0.4, -0.2) is 40.1 Å². The summed E-state index contributed by atoms with van der Waals surface area (Å²) in [5.74, 6) is -0.878. The van der Waals surface area contributed by atoms with E-state index >= 15 is 0 Å². The zero-order chi connectivity index (χ0) is 19.4. The van der Waals surface area contributed by atoms with Gasteiger partial charge in [0.15, 0.2) is 5.78 Å². The van der Waals surface area contributed by atoms with Gasteiger partial charge in [-0.25, -0.2) is 15.0 Å². The van der Waals surface area contributed by atoms with Crippen LogP contribution >= 0.6 is 11.6 Å². The van der Waals surface area contributed by atoms with Crippen LogP contribution < -0.4 is 4.74 Å². The number of rotatable bonds is 5. The summed E-state index contributed by atoms with van der Waals surface area (Å²) >= 11 is 5.65. The highest BCUT2D eigenvalue weighted by molar-refractivity contribution is 6.29. The topological polar surface area (TPSA) is 67.7 Å². The zero-order valence-electron chi connectivity index (χ0n) is 13.7. The molecule has 2 aromatic rings. The fourth-order valence-electron chi connectivity index (χ4n) is 2.29. The maximum absolute atomic E-state index is 13.4. The maximum atomic E-state index is 13.4. The number of carbonyl (C=O) groups excluding carboxylic acids is 1. The lowest BCUT2D eigenvalue weighted by atomic mass is 10.1. The summed E-state index contributed by atoms with van der Waals surface area (Å²) in [7, 11) is 0. The Morgan fingerprint density at radius 3 is 2.70 bits per heavy atom. The second-order valence-corrected chi connectivity index (χ2v) is 5.87. The van der Waals surface area contributed by atoms with E-state index in [0.717, 1.165) is 6.20 Å². The standard InChI is InChI=1S/C17H12ClF3N4O2/c18-15-3-2-11(7-23-15)27-16-6-13(17(19,20)21)12(8-24-16)14(26)9-25-5-1-4-22-10-25/h1-4,6-8,10H,5,9H2. The molecule has 3 heterocycles. The van der Waals surface area contributed by atoms with Crippen molar-refractivity contribution in [3.05, 3.63) is 59.1 Å². The summed E-state index contributed by atoms with van der Waals surface area (Å²) < 4.78 is 45.6. The van der Waals surface area contributed by atoms with Gasteiger partial charge in [-0.3, -0.25) is 4.79 Å². The normalized spacial score (nSPS) is 13.7. The summed E-state index contributed by atoms with van der Waals surface area (Å²) in [6, 6.07) is 3.55. The Morgan fingerprint density at radius 1 is 1.26 bits per heavy atom. The number of hydrogen-bond acceptors (Lipinski definition) is 6. The second-order valence-electron chi connectivity index (χ2n) is 5.49. The lowest BCUT2D eigenvalue weighted by Crippen LogP contribution is -2.31.